The molecule has 2 aromatic carbocycles. The molecule has 0 amide bonds. The van der Waals surface area contributed by atoms with Crippen LogP contribution in [0, 0.1) is 6.92 Å². The minimum absolute atomic E-state index is 0.00375. The van der Waals surface area contributed by atoms with Crippen LogP contribution in [0.15, 0.2) is 57.8 Å². The van der Waals surface area contributed by atoms with Crippen molar-refractivity contribution in [2.45, 2.75) is 24.8 Å². The fourth-order valence-electron chi connectivity index (χ4n) is 2.49. The summed E-state index contributed by atoms with van der Waals surface area (Å²) in [5, 5.41) is 7.94. The van der Waals surface area contributed by atoms with E-state index in [9.17, 15) is 13.2 Å². The van der Waals surface area contributed by atoms with Crippen LogP contribution in [0.2, 0.25) is 0 Å². The lowest BCUT2D eigenvalue weighted by Crippen LogP contribution is -2.22. The Kier molecular flexibility index (Phi) is 5.81. The summed E-state index contributed by atoms with van der Waals surface area (Å²) in [6.07, 6.45) is -0.802. The number of aromatic nitrogens is 2. The van der Waals surface area contributed by atoms with Crippen molar-refractivity contribution in [2.75, 3.05) is 14.1 Å². The van der Waals surface area contributed by atoms with Crippen molar-refractivity contribution >= 4 is 16.0 Å². The van der Waals surface area contributed by atoms with Crippen LogP contribution in [-0.4, -0.2) is 43.0 Å². The van der Waals surface area contributed by atoms with Crippen LogP contribution in [-0.2, 0) is 14.8 Å². The number of esters is 1. The third-order valence-corrected chi connectivity index (χ3v) is 6.03. The molecular formula is C20H21N3O5S. The Bertz CT molecular complexity index is 1120. The van der Waals surface area contributed by atoms with E-state index in [0.29, 0.717) is 5.89 Å². The zero-order valence-corrected chi connectivity index (χ0v) is 17.3. The SMILES string of the molecule is Cc1ccc(-c2nnc(C(C)OC(=O)c3cccc(S(=O)(=O)N(C)C)c3)o2)cc1. The minimum Gasteiger partial charge on any atom is -0.449 e. The van der Waals surface area contributed by atoms with Crippen LogP contribution >= 0.6 is 0 Å². The number of aryl methyl sites for hydroxylation is 1. The highest BCUT2D eigenvalue weighted by Gasteiger charge is 2.22. The Morgan fingerprint density at radius 3 is 2.45 bits per heavy atom. The van der Waals surface area contributed by atoms with Gasteiger partial charge in [0.1, 0.15) is 0 Å². The van der Waals surface area contributed by atoms with Crippen molar-refractivity contribution in [2.24, 2.45) is 0 Å². The van der Waals surface area contributed by atoms with Gasteiger partial charge >= 0.3 is 5.97 Å². The zero-order chi connectivity index (χ0) is 21.2. The van der Waals surface area contributed by atoms with E-state index in [4.69, 9.17) is 9.15 Å². The summed E-state index contributed by atoms with van der Waals surface area (Å²) in [4.78, 5) is 12.5. The monoisotopic (exact) mass is 415 g/mol. The number of carbonyl (C=O) groups is 1. The van der Waals surface area contributed by atoms with Gasteiger partial charge in [-0.05, 0) is 44.2 Å². The number of hydrogen-bond acceptors (Lipinski definition) is 7. The topological polar surface area (TPSA) is 103 Å². The maximum Gasteiger partial charge on any atom is 0.338 e. The average Bonchev–Trinajstić information content (AvgIpc) is 3.19. The van der Waals surface area contributed by atoms with Crippen molar-refractivity contribution in [3.63, 3.8) is 0 Å². The van der Waals surface area contributed by atoms with Crippen LogP contribution in [0.5, 0.6) is 0 Å². The van der Waals surface area contributed by atoms with Crippen molar-refractivity contribution in [3.05, 3.63) is 65.5 Å². The molecule has 3 aromatic rings. The number of rotatable bonds is 6. The zero-order valence-electron chi connectivity index (χ0n) is 16.5. The predicted molar refractivity (Wildman–Crippen MR) is 106 cm³/mol. The molecule has 0 bridgehead atoms. The van der Waals surface area contributed by atoms with Gasteiger partial charge in [-0.1, -0.05) is 23.8 Å². The van der Waals surface area contributed by atoms with Gasteiger partial charge in [-0.15, -0.1) is 10.2 Å². The lowest BCUT2D eigenvalue weighted by atomic mass is 10.1. The number of benzene rings is 2. The van der Waals surface area contributed by atoms with Gasteiger partial charge in [0.2, 0.25) is 15.9 Å². The lowest BCUT2D eigenvalue weighted by molar-refractivity contribution is 0.0279. The van der Waals surface area contributed by atoms with E-state index in [1.807, 2.05) is 31.2 Å². The highest BCUT2D eigenvalue weighted by atomic mass is 32.2. The molecule has 1 aromatic heterocycles. The highest BCUT2D eigenvalue weighted by molar-refractivity contribution is 7.89. The third-order valence-electron chi connectivity index (χ3n) is 4.22. The van der Waals surface area contributed by atoms with Crippen molar-refractivity contribution in [1.82, 2.24) is 14.5 Å². The lowest BCUT2D eigenvalue weighted by Gasteiger charge is -2.13. The summed E-state index contributed by atoms with van der Waals surface area (Å²) in [6.45, 7) is 3.58. The summed E-state index contributed by atoms with van der Waals surface area (Å²) in [6, 6.07) is 13.2. The van der Waals surface area contributed by atoms with Crippen molar-refractivity contribution in [1.29, 1.82) is 0 Å². The van der Waals surface area contributed by atoms with E-state index in [1.54, 1.807) is 6.92 Å². The van der Waals surface area contributed by atoms with Gasteiger partial charge in [0.15, 0.2) is 6.10 Å². The Hall–Kier alpha value is -3.04. The number of carbonyl (C=O) groups excluding carboxylic acids is 1. The summed E-state index contributed by atoms with van der Waals surface area (Å²) in [5.41, 5.74) is 1.97. The van der Waals surface area contributed by atoms with Gasteiger partial charge in [0.05, 0.1) is 10.5 Å². The van der Waals surface area contributed by atoms with Gasteiger partial charge in [-0.25, -0.2) is 17.5 Å². The molecule has 29 heavy (non-hydrogen) atoms. The standard InChI is InChI=1S/C20H21N3O5S/c1-13-8-10-15(11-9-13)19-22-21-18(28-19)14(2)27-20(24)16-6-5-7-17(12-16)29(25,26)23(3)4/h5-12,14H,1-4H3. The summed E-state index contributed by atoms with van der Waals surface area (Å²) in [5.74, 6) is -0.226. The van der Waals surface area contributed by atoms with E-state index in [-0.39, 0.29) is 16.3 Å². The summed E-state index contributed by atoms with van der Waals surface area (Å²) >= 11 is 0. The molecule has 0 saturated carbocycles. The van der Waals surface area contributed by atoms with Crippen molar-refractivity contribution < 1.29 is 22.4 Å². The third kappa shape index (κ3) is 4.52. The number of hydrogen-bond donors (Lipinski definition) is 0. The first-order valence-corrected chi connectivity index (χ1v) is 10.3. The predicted octanol–water partition coefficient (Wildman–Crippen LogP) is 3.21. The molecular weight excluding hydrogens is 394 g/mol. The average molecular weight is 415 g/mol. The first-order valence-electron chi connectivity index (χ1n) is 8.82. The van der Waals surface area contributed by atoms with Crippen molar-refractivity contribution in [3.8, 4) is 11.5 Å². The Labute approximate surface area is 169 Å². The van der Waals surface area contributed by atoms with E-state index < -0.39 is 22.1 Å². The van der Waals surface area contributed by atoms with Crippen LogP contribution in [0.1, 0.15) is 34.8 Å². The first-order chi connectivity index (χ1) is 13.7. The minimum atomic E-state index is -3.66. The summed E-state index contributed by atoms with van der Waals surface area (Å²) in [7, 11) is -0.819. The maximum atomic E-state index is 12.5. The molecule has 0 spiro atoms. The van der Waals surface area contributed by atoms with Crippen LogP contribution < -0.4 is 0 Å². The molecule has 0 fully saturated rings. The Morgan fingerprint density at radius 1 is 1.10 bits per heavy atom. The molecule has 0 aliphatic carbocycles. The fraction of sp³-hybridized carbons (Fsp3) is 0.250. The van der Waals surface area contributed by atoms with Gasteiger partial charge in [-0.3, -0.25) is 0 Å². The molecule has 0 aliphatic heterocycles. The molecule has 3 rings (SSSR count). The second-order valence-corrected chi connectivity index (χ2v) is 8.83. The molecule has 1 unspecified atom stereocenters. The molecule has 9 heteroatoms. The van der Waals surface area contributed by atoms with E-state index >= 15 is 0 Å². The van der Waals surface area contributed by atoms with Gasteiger partial charge in [-0.2, -0.15) is 0 Å². The molecule has 1 atom stereocenters. The number of nitrogens with zero attached hydrogens (tertiary/aromatic N) is 3. The normalized spacial score (nSPS) is 12.7. The number of sulfonamides is 1. The molecule has 152 valence electrons. The molecule has 8 nitrogen and oxygen atoms in total. The first kappa shape index (κ1) is 20.7. The van der Waals surface area contributed by atoms with Crippen LogP contribution in [0.3, 0.4) is 0 Å². The largest absolute Gasteiger partial charge is 0.449 e. The second-order valence-electron chi connectivity index (χ2n) is 6.67. The van der Waals surface area contributed by atoms with E-state index in [2.05, 4.69) is 10.2 Å². The highest BCUT2D eigenvalue weighted by Crippen LogP contribution is 2.24. The molecule has 1 heterocycles. The molecule has 0 N–H and O–H groups in total. The van der Waals surface area contributed by atoms with Crippen LogP contribution in [0.25, 0.3) is 11.5 Å². The Balaban J connectivity index is 1.75. The van der Waals surface area contributed by atoms with E-state index in [0.717, 1.165) is 15.4 Å². The van der Waals surface area contributed by atoms with Gasteiger partial charge < -0.3 is 9.15 Å². The summed E-state index contributed by atoms with van der Waals surface area (Å²) < 4.78 is 36.6. The Morgan fingerprint density at radius 2 is 1.79 bits per heavy atom. The molecule has 0 saturated heterocycles. The van der Waals surface area contributed by atoms with Gasteiger partial charge in [0.25, 0.3) is 5.89 Å². The quantitative estimate of drug-likeness (QED) is 0.570. The second kappa shape index (κ2) is 8.14. The van der Waals surface area contributed by atoms with Gasteiger partial charge in [0, 0.05) is 19.7 Å². The maximum absolute atomic E-state index is 12.5. The van der Waals surface area contributed by atoms with Crippen LogP contribution in [0.4, 0.5) is 0 Å². The fourth-order valence-corrected chi connectivity index (χ4v) is 3.43. The smallest absolute Gasteiger partial charge is 0.338 e. The molecule has 0 aliphatic rings. The van der Waals surface area contributed by atoms with E-state index in [1.165, 1.54) is 38.4 Å². The molecule has 0 radical (unpaired) electrons. The number of ether oxygens (including phenoxy) is 1.